The molecule has 0 aromatic carbocycles. The van der Waals surface area contributed by atoms with Gasteiger partial charge in [0.1, 0.15) is 11.6 Å². The first-order chi connectivity index (χ1) is 14.7. The van der Waals surface area contributed by atoms with Crippen LogP contribution in [0.4, 0.5) is 4.79 Å². The number of nitrogens with one attached hydrogen (secondary N) is 1. The Bertz CT molecular complexity index is 587. The number of piperidine rings is 1. The van der Waals surface area contributed by atoms with Crippen LogP contribution < -0.4 is 5.32 Å². The highest BCUT2D eigenvalue weighted by molar-refractivity contribution is 5.85. The van der Waals surface area contributed by atoms with Crippen LogP contribution in [0.2, 0.25) is 0 Å². The van der Waals surface area contributed by atoms with Crippen molar-refractivity contribution in [1.29, 1.82) is 0 Å². The van der Waals surface area contributed by atoms with Crippen molar-refractivity contribution in [3.8, 4) is 0 Å². The molecule has 0 bridgehead atoms. The summed E-state index contributed by atoms with van der Waals surface area (Å²) >= 11 is 0. The summed E-state index contributed by atoms with van der Waals surface area (Å²) in [4.78, 5) is 32.7. The van der Waals surface area contributed by atoms with Crippen molar-refractivity contribution < 1.29 is 19.1 Å². The number of hydrogen-bond acceptors (Lipinski definition) is 6. The zero-order chi connectivity index (χ0) is 22.4. The van der Waals surface area contributed by atoms with Gasteiger partial charge in [-0.25, -0.2) is 4.79 Å². The van der Waals surface area contributed by atoms with E-state index in [9.17, 15) is 9.59 Å². The Hall–Kier alpha value is -1.38. The predicted octanol–water partition coefficient (Wildman–Crippen LogP) is 1.93. The minimum Gasteiger partial charge on any atom is -0.444 e. The van der Waals surface area contributed by atoms with E-state index >= 15 is 0 Å². The van der Waals surface area contributed by atoms with E-state index in [0.717, 1.165) is 65.3 Å². The highest BCUT2D eigenvalue weighted by Gasteiger charge is 2.34. The zero-order valence-corrected chi connectivity index (χ0v) is 19.9. The summed E-state index contributed by atoms with van der Waals surface area (Å²) in [6.07, 6.45) is 4.42. The number of likely N-dealkylation sites (tertiary alicyclic amines) is 1. The summed E-state index contributed by atoms with van der Waals surface area (Å²) in [7, 11) is 2.18. The molecule has 8 heteroatoms. The minimum absolute atomic E-state index is 0.0281. The third-order valence-corrected chi connectivity index (χ3v) is 6.73. The van der Waals surface area contributed by atoms with Crippen molar-refractivity contribution in [3.63, 3.8) is 0 Å². The second-order valence-corrected chi connectivity index (χ2v) is 10.4. The summed E-state index contributed by atoms with van der Waals surface area (Å²) in [5, 5.41) is 2.89. The van der Waals surface area contributed by atoms with E-state index in [1.54, 1.807) is 0 Å². The van der Waals surface area contributed by atoms with Gasteiger partial charge in [0.25, 0.3) is 0 Å². The molecule has 3 heterocycles. The first kappa shape index (κ1) is 24.3. The van der Waals surface area contributed by atoms with Crippen molar-refractivity contribution in [2.24, 2.45) is 5.92 Å². The van der Waals surface area contributed by atoms with Crippen LogP contribution in [0.5, 0.6) is 0 Å². The number of nitrogens with zero attached hydrogens (tertiary/aromatic N) is 3. The van der Waals surface area contributed by atoms with Crippen molar-refractivity contribution >= 4 is 12.0 Å². The van der Waals surface area contributed by atoms with Crippen LogP contribution in [0, 0.1) is 5.92 Å². The Labute approximate surface area is 187 Å². The molecule has 31 heavy (non-hydrogen) atoms. The number of amides is 2. The Morgan fingerprint density at radius 2 is 1.61 bits per heavy atom. The molecule has 3 rings (SSSR count). The van der Waals surface area contributed by atoms with Gasteiger partial charge < -0.3 is 24.6 Å². The molecule has 0 aromatic rings. The quantitative estimate of drug-likeness (QED) is 0.707. The number of alkyl carbamates (subject to hydrolysis) is 1. The van der Waals surface area contributed by atoms with Gasteiger partial charge in [0.2, 0.25) is 5.91 Å². The van der Waals surface area contributed by atoms with Gasteiger partial charge in [0, 0.05) is 45.4 Å². The lowest BCUT2D eigenvalue weighted by Gasteiger charge is -2.43. The molecular weight excluding hydrogens is 396 g/mol. The summed E-state index contributed by atoms with van der Waals surface area (Å²) in [6, 6.07) is 0.0965. The normalized spacial score (nSPS) is 24.1. The van der Waals surface area contributed by atoms with Crippen LogP contribution in [0.3, 0.4) is 0 Å². The second-order valence-electron chi connectivity index (χ2n) is 10.4. The first-order valence-corrected chi connectivity index (χ1v) is 12.0. The second kappa shape index (κ2) is 11.0. The standard InChI is InChI=1S/C23H42N4O4/c1-23(2,3)31-22(29)24-20(17-18-7-15-30-16-8-18)21(28)27-13-11-26(12-14-27)19-5-9-25(4)10-6-19/h18-20H,5-17H2,1-4H3,(H,24,29)/t20-/m0/s1. The van der Waals surface area contributed by atoms with Crippen LogP contribution in [0.15, 0.2) is 0 Å². The predicted molar refractivity (Wildman–Crippen MR) is 120 cm³/mol. The SMILES string of the molecule is CN1CCC(N2CCN(C(=O)[C@H](CC3CCOCC3)NC(=O)OC(C)(C)C)CC2)CC1. The Balaban J connectivity index is 1.56. The van der Waals surface area contributed by atoms with Gasteiger partial charge in [0.15, 0.2) is 0 Å². The van der Waals surface area contributed by atoms with Gasteiger partial charge >= 0.3 is 6.09 Å². The molecule has 1 atom stereocenters. The van der Waals surface area contributed by atoms with Crippen LogP contribution in [0.1, 0.15) is 52.9 Å². The highest BCUT2D eigenvalue weighted by atomic mass is 16.6. The van der Waals surface area contributed by atoms with Crippen molar-refractivity contribution in [1.82, 2.24) is 20.0 Å². The van der Waals surface area contributed by atoms with Gasteiger partial charge in [0.05, 0.1) is 0 Å². The summed E-state index contributed by atoms with van der Waals surface area (Å²) in [6.45, 7) is 12.6. The van der Waals surface area contributed by atoms with E-state index < -0.39 is 17.7 Å². The molecule has 178 valence electrons. The van der Waals surface area contributed by atoms with Crippen molar-refractivity contribution in [2.75, 3.05) is 59.5 Å². The Morgan fingerprint density at radius 3 is 2.19 bits per heavy atom. The third-order valence-electron chi connectivity index (χ3n) is 6.73. The van der Waals surface area contributed by atoms with Gasteiger partial charge in [-0.05, 0) is 78.9 Å². The molecule has 3 aliphatic heterocycles. The molecule has 0 aromatic heterocycles. The van der Waals surface area contributed by atoms with Crippen LogP contribution in [-0.4, -0.2) is 104 Å². The van der Waals surface area contributed by atoms with E-state index in [2.05, 4.69) is 22.2 Å². The van der Waals surface area contributed by atoms with E-state index in [1.165, 1.54) is 12.8 Å². The van der Waals surface area contributed by atoms with Crippen molar-refractivity contribution in [2.45, 2.75) is 70.6 Å². The highest BCUT2D eigenvalue weighted by Crippen LogP contribution is 2.23. The summed E-state index contributed by atoms with van der Waals surface area (Å²) < 4.78 is 10.9. The van der Waals surface area contributed by atoms with Crippen LogP contribution in [0.25, 0.3) is 0 Å². The molecular formula is C23H42N4O4. The topological polar surface area (TPSA) is 74.4 Å². The monoisotopic (exact) mass is 438 g/mol. The maximum Gasteiger partial charge on any atom is 0.408 e. The fourth-order valence-electron chi connectivity index (χ4n) is 4.87. The van der Waals surface area contributed by atoms with E-state index in [-0.39, 0.29) is 5.91 Å². The van der Waals surface area contributed by atoms with E-state index in [4.69, 9.17) is 9.47 Å². The largest absolute Gasteiger partial charge is 0.444 e. The number of hydrogen-bond donors (Lipinski definition) is 1. The maximum atomic E-state index is 13.4. The van der Waals surface area contributed by atoms with Gasteiger partial charge in [-0.3, -0.25) is 9.69 Å². The molecule has 3 aliphatic rings. The molecule has 8 nitrogen and oxygen atoms in total. The fraction of sp³-hybridized carbons (Fsp3) is 0.913. The number of carbonyl (C=O) groups excluding carboxylic acids is 2. The van der Waals surface area contributed by atoms with E-state index in [1.807, 2.05) is 25.7 Å². The van der Waals surface area contributed by atoms with Crippen LogP contribution in [-0.2, 0) is 14.3 Å². The summed E-state index contributed by atoms with van der Waals surface area (Å²) in [5.74, 6) is 0.415. The lowest BCUT2D eigenvalue weighted by atomic mass is 9.92. The Morgan fingerprint density at radius 1 is 1.00 bits per heavy atom. The van der Waals surface area contributed by atoms with E-state index in [0.29, 0.717) is 18.4 Å². The molecule has 0 saturated carbocycles. The zero-order valence-electron chi connectivity index (χ0n) is 19.9. The number of carbonyl (C=O) groups is 2. The van der Waals surface area contributed by atoms with Crippen LogP contribution >= 0.6 is 0 Å². The first-order valence-electron chi connectivity index (χ1n) is 12.0. The van der Waals surface area contributed by atoms with Gasteiger partial charge in [-0.15, -0.1) is 0 Å². The van der Waals surface area contributed by atoms with Crippen molar-refractivity contribution in [3.05, 3.63) is 0 Å². The van der Waals surface area contributed by atoms with Gasteiger partial charge in [-0.1, -0.05) is 0 Å². The smallest absolute Gasteiger partial charge is 0.408 e. The third kappa shape index (κ3) is 7.61. The molecule has 0 unspecified atom stereocenters. The fourth-order valence-corrected chi connectivity index (χ4v) is 4.87. The number of piperazine rings is 1. The lowest BCUT2D eigenvalue weighted by molar-refractivity contribution is -0.136. The molecule has 0 spiro atoms. The number of rotatable bonds is 5. The lowest BCUT2D eigenvalue weighted by Crippen LogP contribution is -2.58. The molecule has 1 N–H and O–H groups in total. The average molecular weight is 439 g/mol. The molecule has 0 radical (unpaired) electrons. The van der Waals surface area contributed by atoms with Gasteiger partial charge in [-0.2, -0.15) is 0 Å². The molecule has 0 aliphatic carbocycles. The maximum absolute atomic E-state index is 13.4. The summed E-state index contributed by atoms with van der Waals surface area (Å²) in [5.41, 5.74) is -0.587. The molecule has 2 amide bonds. The Kier molecular flexibility index (Phi) is 8.58. The minimum atomic E-state index is -0.587. The average Bonchev–Trinajstić information content (AvgIpc) is 2.73. The molecule has 3 fully saturated rings. The molecule has 3 saturated heterocycles. The number of ether oxygens (including phenoxy) is 2.